The van der Waals surface area contributed by atoms with Crippen LogP contribution in [0.25, 0.3) is 0 Å². The summed E-state index contributed by atoms with van der Waals surface area (Å²) in [6.07, 6.45) is 1.64. The van der Waals surface area contributed by atoms with E-state index in [1.807, 2.05) is 6.92 Å². The molecule has 1 heterocycles. The number of carboxylic acids is 1. The van der Waals surface area contributed by atoms with E-state index in [-0.39, 0.29) is 17.4 Å². The van der Waals surface area contributed by atoms with Crippen LogP contribution in [0.4, 0.5) is 0 Å². The summed E-state index contributed by atoms with van der Waals surface area (Å²) in [5, 5.41) is 11.9. The summed E-state index contributed by atoms with van der Waals surface area (Å²) in [5.74, 6) is -0.807. The number of nitrogens with one attached hydrogen (secondary N) is 1. The van der Waals surface area contributed by atoms with Gasteiger partial charge < -0.3 is 10.4 Å². The van der Waals surface area contributed by atoms with Gasteiger partial charge in [0.2, 0.25) is 10.0 Å². The van der Waals surface area contributed by atoms with Crippen molar-refractivity contribution in [3.05, 3.63) is 28.8 Å². The maximum Gasteiger partial charge on any atom is 0.317 e. The minimum absolute atomic E-state index is 0.110. The van der Waals surface area contributed by atoms with Crippen LogP contribution in [-0.2, 0) is 14.8 Å². The maximum atomic E-state index is 12.7. The molecule has 6 nitrogen and oxygen atoms in total. The van der Waals surface area contributed by atoms with Gasteiger partial charge in [0, 0.05) is 18.1 Å². The lowest BCUT2D eigenvalue weighted by molar-refractivity contribution is -0.136. The van der Waals surface area contributed by atoms with Gasteiger partial charge in [0.15, 0.2) is 0 Å². The number of halogens is 1. The highest BCUT2D eigenvalue weighted by atomic mass is 35.5. The normalized spacial score (nSPS) is 19.7. The molecule has 1 saturated heterocycles. The largest absolute Gasteiger partial charge is 0.480 e. The lowest BCUT2D eigenvalue weighted by Crippen LogP contribution is -2.43. The Labute approximate surface area is 141 Å². The van der Waals surface area contributed by atoms with Crippen molar-refractivity contribution in [1.82, 2.24) is 9.62 Å². The standard InChI is InChI=1S/C15H21ClN2O4S/c1-11-4-5-13(7-14(11)16)23(21,22)18-6-2-3-12(10-18)8-17-9-15(19)20/h4-5,7,12,17H,2-3,6,8-10H2,1H3,(H,19,20). The van der Waals surface area contributed by atoms with Crippen LogP contribution in [0.15, 0.2) is 23.1 Å². The molecule has 1 fully saturated rings. The van der Waals surface area contributed by atoms with Gasteiger partial charge in [-0.05, 0) is 49.9 Å². The van der Waals surface area contributed by atoms with Gasteiger partial charge in [-0.3, -0.25) is 4.79 Å². The number of aryl methyl sites for hydroxylation is 1. The summed E-state index contributed by atoms with van der Waals surface area (Å²) in [5.41, 5.74) is 0.833. The number of rotatable bonds is 6. The van der Waals surface area contributed by atoms with Gasteiger partial charge in [-0.25, -0.2) is 8.42 Å². The second kappa shape index (κ2) is 7.61. The molecule has 2 rings (SSSR count). The molecule has 0 saturated carbocycles. The first-order valence-electron chi connectivity index (χ1n) is 7.49. The fourth-order valence-electron chi connectivity index (χ4n) is 2.68. The number of hydrogen-bond donors (Lipinski definition) is 2. The zero-order chi connectivity index (χ0) is 17.0. The molecule has 0 spiro atoms. The molecule has 0 bridgehead atoms. The lowest BCUT2D eigenvalue weighted by atomic mass is 10.00. The quantitative estimate of drug-likeness (QED) is 0.806. The van der Waals surface area contributed by atoms with Crippen LogP contribution in [0.3, 0.4) is 0 Å². The van der Waals surface area contributed by atoms with Crippen LogP contribution >= 0.6 is 11.6 Å². The summed E-state index contributed by atoms with van der Waals surface area (Å²) in [6, 6.07) is 4.76. The first kappa shape index (κ1) is 18.2. The van der Waals surface area contributed by atoms with E-state index in [1.54, 1.807) is 12.1 Å². The number of sulfonamides is 1. The predicted molar refractivity (Wildman–Crippen MR) is 88.2 cm³/mol. The van der Waals surface area contributed by atoms with Gasteiger partial charge in [0.05, 0.1) is 11.4 Å². The van der Waals surface area contributed by atoms with E-state index in [4.69, 9.17) is 16.7 Å². The van der Waals surface area contributed by atoms with Crippen LogP contribution in [0, 0.1) is 12.8 Å². The minimum Gasteiger partial charge on any atom is -0.480 e. The molecule has 8 heteroatoms. The van der Waals surface area contributed by atoms with Crippen molar-refractivity contribution in [1.29, 1.82) is 0 Å². The SMILES string of the molecule is Cc1ccc(S(=O)(=O)N2CCCC(CNCC(=O)O)C2)cc1Cl. The van der Waals surface area contributed by atoms with Gasteiger partial charge in [-0.1, -0.05) is 17.7 Å². The van der Waals surface area contributed by atoms with Crippen LogP contribution in [0.2, 0.25) is 5.02 Å². The molecule has 1 aromatic rings. The van der Waals surface area contributed by atoms with E-state index >= 15 is 0 Å². The van der Waals surface area contributed by atoms with Crippen LogP contribution < -0.4 is 5.32 Å². The fraction of sp³-hybridized carbons (Fsp3) is 0.533. The number of carboxylic acid groups (broad SMARTS) is 1. The highest BCUT2D eigenvalue weighted by Crippen LogP contribution is 2.26. The molecule has 1 atom stereocenters. The van der Waals surface area contributed by atoms with Gasteiger partial charge >= 0.3 is 5.97 Å². The average molecular weight is 361 g/mol. The summed E-state index contributed by atoms with van der Waals surface area (Å²) >= 11 is 6.04. The molecule has 0 radical (unpaired) electrons. The number of piperidine rings is 1. The van der Waals surface area contributed by atoms with Gasteiger partial charge in [-0.2, -0.15) is 4.31 Å². The summed E-state index contributed by atoms with van der Waals surface area (Å²) in [4.78, 5) is 10.7. The highest BCUT2D eigenvalue weighted by molar-refractivity contribution is 7.89. The molecule has 1 aromatic carbocycles. The number of aliphatic carboxylic acids is 1. The number of carbonyl (C=O) groups is 1. The van der Waals surface area contributed by atoms with Crippen molar-refractivity contribution >= 4 is 27.6 Å². The average Bonchev–Trinajstić information content (AvgIpc) is 2.50. The molecular formula is C15H21ClN2O4S. The third-order valence-electron chi connectivity index (χ3n) is 3.97. The first-order chi connectivity index (χ1) is 10.8. The summed E-state index contributed by atoms with van der Waals surface area (Å²) in [6.45, 7) is 3.07. The number of hydrogen-bond acceptors (Lipinski definition) is 4. The Hall–Kier alpha value is -1.15. The smallest absolute Gasteiger partial charge is 0.317 e. The van der Waals surface area contributed by atoms with Crippen molar-refractivity contribution in [3.8, 4) is 0 Å². The van der Waals surface area contributed by atoms with Crippen LogP contribution in [0.1, 0.15) is 18.4 Å². The molecular weight excluding hydrogens is 340 g/mol. The van der Waals surface area contributed by atoms with Crippen molar-refractivity contribution in [3.63, 3.8) is 0 Å². The Morgan fingerprint density at radius 1 is 1.48 bits per heavy atom. The van der Waals surface area contributed by atoms with Gasteiger partial charge in [0.25, 0.3) is 0 Å². The second-order valence-electron chi connectivity index (χ2n) is 5.81. The molecule has 0 amide bonds. The number of nitrogens with zero attached hydrogens (tertiary/aromatic N) is 1. The van der Waals surface area contributed by atoms with Crippen LogP contribution in [-0.4, -0.2) is 50.0 Å². The van der Waals surface area contributed by atoms with Crippen molar-refractivity contribution in [2.24, 2.45) is 5.92 Å². The molecule has 1 unspecified atom stereocenters. The Morgan fingerprint density at radius 2 is 2.22 bits per heavy atom. The molecule has 128 valence electrons. The molecule has 0 aromatic heterocycles. The molecule has 2 N–H and O–H groups in total. The molecule has 23 heavy (non-hydrogen) atoms. The van der Waals surface area contributed by atoms with Crippen molar-refractivity contribution in [2.75, 3.05) is 26.2 Å². The third kappa shape index (κ3) is 4.67. The molecule has 0 aliphatic carbocycles. The second-order valence-corrected chi connectivity index (χ2v) is 8.15. The van der Waals surface area contributed by atoms with E-state index in [1.165, 1.54) is 10.4 Å². The van der Waals surface area contributed by atoms with Gasteiger partial charge in [0.1, 0.15) is 0 Å². The topological polar surface area (TPSA) is 86.7 Å². The fourth-order valence-corrected chi connectivity index (χ4v) is 4.50. The Kier molecular flexibility index (Phi) is 6.02. The van der Waals surface area contributed by atoms with Crippen molar-refractivity contribution < 1.29 is 18.3 Å². The maximum absolute atomic E-state index is 12.7. The summed E-state index contributed by atoms with van der Waals surface area (Å²) < 4.78 is 26.9. The predicted octanol–water partition coefficient (Wildman–Crippen LogP) is 1.72. The molecule has 1 aliphatic heterocycles. The van der Waals surface area contributed by atoms with E-state index in [2.05, 4.69) is 5.32 Å². The van der Waals surface area contributed by atoms with E-state index in [0.717, 1.165) is 18.4 Å². The van der Waals surface area contributed by atoms with Gasteiger partial charge in [-0.15, -0.1) is 0 Å². The highest BCUT2D eigenvalue weighted by Gasteiger charge is 2.30. The zero-order valence-corrected chi connectivity index (χ0v) is 14.5. The van der Waals surface area contributed by atoms with Crippen molar-refractivity contribution in [2.45, 2.75) is 24.7 Å². The van der Waals surface area contributed by atoms with E-state index < -0.39 is 16.0 Å². The Bertz CT molecular complexity index is 678. The van der Waals surface area contributed by atoms with E-state index in [9.17, 15) is 13.2 Å². The monoisotopic (exact) mass is 360 g/mol. The summed E-state index contributed by atoms with van der Waals surface area (Å²) in [7, 11) is -3.57. The zero-order valence-electron chi connectivity index (χ0n) is 13.0. The van der Waals surface area contributed by atoms with Crippen LogP contribution in [0.5, 0.6) is 0 Å². The van der Waals surface area contributed by atoms with E-state index in [0.29, 0.717) is 24.7 Å². The number of benzene rings is 1. The minimum atomic E-state index is -3.57. The molecule has 1 aliphatic rings. The Balaban J connectivity index is 2.06. The Morgan fingerprint density at radius 3 is 2.87 bits per heavy atom. The first-order valence-corrected chi connectivity index (χ1v) is 9.31. The lowest BCUT2D eigenvalue weighted by Gasteiger charge is -2.32. The third-order valence-corrected chi connectivity index (χ3v) is 6.24.